The van der Waals surface area contributed by atoms with Gasteiger partial charge in [0.15, 0.2) is 0 Å². The van der Waals surface area contributed by atoms with Crippen molar-refractivity contribution in [1.82, 2.24) is 0 Å². The molecule has 94 valence electrons. The van der Waals surface area contributed by atoms with E-state index >= 15 is 0 Å². The summed E-state index contributed by atoms with van der Waals surface area (Å²) in [6.07, 6.45) is 0. The fraction of sp³-hybridized carbons (Fsp3) is 0.200. The van der Waals surface area contributed by atoms with Gasteiger partial charge in [-0.05, 0) is 78.3 Å². The van der Waals surface area contributed by atoms with Gasteiger partial charge in [0.25, 0.3) is 0 Å². The van der Waals surface area contributed by atoms with Crippen molar-refractivity contribution in [2.45, 2.75) is 20.8 Å². The third-order valence-electron chi connectivity index (χ3n) is 3.04. The van der Waals surface area contributed by atoms with Crippen molar-refractivity contribution in [3.8, 4) is 11.5 Å². The molecule has 0 spiro atoms. The van der Waals surface area contributed by atoms with Gasteiger partial charge in [0.1, 0.15) is 11.5 Å². The highest BCUT2D eigenvalue weighted by atomic mass is 127. The molecule has 0 saturated carbocycles. The van der Waals surface area contributed by atoms with Crippen molar-refractivity contribution >= 4 is 28.3 Å². The molecule has 0 saturated heterocycles. The summed E-state index contributed by atoms with van der Waals surface area (Å²) in [5.41, 5.74) is 10.1. The first kappa shape index (κ1) is 13.2. The molecule has 3 heteroatoms. The van der Waals surface area contributed by atoms with E-state index in [4.69, 9.17) is 10.5 Å². The lowest BCUT2D eigenvalue weighted by atomic mass is 10.1. The van der Waals surface area contributed by atoms with Gasteiger partial charge >= 0.3 is 0 Å². The molecule has 2 N–H and O–H groups in total. The molecule has 0 amide bonds. The van der Waals surface area contributed by atoms with E-state index in [0.29, 0.717) is 0 Å². The number of hydrogen-bond donors (Lipinski definition) is 1. The predicted molar refractivity (Wildman–Crippen MR) is 84.3 cm³/mol. The van der Waals surface area contributed by atoms with Crippen LogP contribution in [0.25, 0.3) is 0 Å². The summed E-state index contributed by atoms with van der Waals surface area (Å²) in [5, 5.41) is 0. The van der Waals surface area contributed by atoms with Crippen molar-refractivity contribution < 1.29 is 4.74 Å². The number of rotatable bonds is 2. The molecular weight excluding hydrogens is 337 g/mol. The van der Waals surface area contributed by atoms with Crippen LogP contribution in [0.3, 0.4) is 0 Å². The van der Waals surface area contributed by atoms with E-state index in [1.54, 1.807) is 0 Å². The summed E-state index contributed by atoms with van der Waals surface area (Å²) in [5.74, 6) is 1.79. The van der Waals surface area contributed by atoms with E-state index in [9.17, 15) is 0 Å². The number of nitrogen functional groups attached to an aromatic ring is 1. The minimum atomic E-state index is 0.754. The Balaban J connectivity index is 2.43. The maximum atomic E-state index is 6.04. The molecule has 0 aromatic heterocycles. The van der Waals surface area contributed by atoms with Crippen LogP contribution in [-0.4, -0.2) is 0 Å². The molecule has 18 heavy (non-hydrogen) atoms. The van der Waals surface area contributed by atoms with Crippen molar-refractivity contribution in [1.29, 1.82) is 0 Å². The zero-order valence-corrected chi connectivity index (χ0v) is 12.9. The van der Waals surface area contributed by atoms with Gasteiger partial charge in [-0.25, -0.2) is 0 Å². The Morgan fingerprint density at radius 2 is 1.67 bits per heavy atom. The number of nitrogens with two attached hydrogens (primary N) is 1. The predicted octanol–water partition coefficient (Wildman–Crippen LogP) is 4.59. The largest absolute Gasteiger partial charge is 0.456 e. The van der Waals surface area contributed by atoms with Gasteiger partial charge in [-0.2, -0.15) is 0 Å². The molecule has 0 atom stereocenters. The molecule has 2 nitrogen and oxygen atoms in total. The van der Waals surface area contributed by atoms with Gasteiger partial charge < -0.3 is 10.5 Å². The molecule has 2 aromatic carbocycles. The molecule has 0 bridgehead atoms. The van der Waals surface area contributed by atoms with Crippen molar-refractivity contribution in [3.05, 3.63) is 50.6 Å². The molecule has 2 rings (SSSR count). The van der Waals surface area contributed by atoms with Gasteiger partial charge in [0.05, 0.1) is 3.57 Å². The molecule has 0 radical (unpaired) electrons. The number of hydrogen-bond acceptors (Lipinski definition) is 2. The Bertz CT molecular complexity index is 593. The van der Waals surface area contributed by atoms with E-state index in [0.717, 1.165) is 26.3 Å². The van der Waals surface area contributed by atoms with Crippen LogP contribution in [0.5, 0.6) is 11.5 Å². The van der Waals surface area contributed by atoms with Crippen molar-refractivity contribution in [2.75, 3.05) is 5.73 Å². The molecular formula is C15H16INO. The second-order valence-electron chi connectivity index (χ2n) is 4.45. The Kier molecular flexibility index (Phi) is 3.80. The lowest BCUT2D eigenvalue weighted by Gasteiger charge is -2.14. The average molecular weight is 353 g/mol. The van der Waals surface area contributed by atoms with Crippen LogP contribution in [0.4, 0.5) is 5.69 Å². The highest BCUT2D eigenvalue weighted by molar-refractivity contribution is 14.1. The third kappa shape index (κ3) is 2.61. The number of ether oxygens (including phenoxy) is 1. The minimum Gasteiger partial charge on any atom is -0.456 e. The van der Waals surface area contributed by atoms with Gasteiger partial charge in [0, 0.05) is 5.69 Å². The molecule has 0 aliphatic rings. The highest BCUT2D eigenvalue weighted by Crippen LogP contribution is 2.33. The number of aryl methyl sites for hydroxylation is 2. The zero-order chi connectivity index (χ0) is 13.3. The second-order valence-corrected chi connectivity index (χ2v) is 5.61. The first-order valence-corrected chi connectivity index (χ1v) is 6.86. The molecule has 0 aliphatic carbocycles. The average Bonchev–Trinajstić information content (AvgIpc) is 2.32. The smallest absolute Gasteiger partial charge is 0.140 e. The summed E-state index contributed by atoms with van der Waals surface area (Å²) >= 11 is 2.24. The van der Waals surface area contributed by atoms with E-state index in [1.807, 2.05) is 18.2 Å². The Hall–Kier alpha value is -1.23. The molecule has 2 aromatic rings. The van der Waals surface area contributed by atoms with Crippen LogP contribution in [0, 0.1) is 24.3 Å². The maximum Gasteiger partial charge on any atom is 0.140 e. The zero-order valence-electron chi connectivity index (χ0n) is 10.8. The summed E-state index contributed by atoms with van der Waals surface area (Å²) in [6, 6.07) is 9.89. The monoisotopic (exact) mass is 353 g/mol. The van der Waals surface area contributed by atoms with E-state index < -0.39 is 0 Å². The Morgan fingerprint density at radius 1 is 1.00 bits per heavy atom. The normalized spacial score (nSPS) is 10.4. The maximum absolute atomic E-state index is 6.04. The summed E-state index contributed by atoms with van der Waals surface area (Å²) in [4.78, 5) is 0. The van der Waals surface area contributed by atoms with Crippen LogP contribution in [-0.2, 0) is 0 Å². The minimum absolute atomic E-state index is 0.754. The first-order valence-electron chi connectivity index (χ1n) is 5.78. The van der Waals surface area contributed by atoms with Gasteiger partial charge in [-0.1, -0.05) is 12.1 Å². The summed E-state index contributed by atoms with van der Waals surface area (Å²) in [7, 11) is 0. The summed E-state index contributed by atoms with van der Waals surface area (Å²) in [6.45, 7) is 6.24. The van der Waals surface area contributed by atoms with Crippen LogP contribution in [0.2, 0.25) is 0 Å². The van der Waals surface area contributed by atoms with Crippen molar-refractivity contribution in [2.24, 2.45) is 0 Å². The third-order valence-corrected chi connectivity index (χ3v) is 3.88. The van der Waals surface area contributed by atoms with Gasteiger partial charge in [0.2, 0.25) is 0 Å². The van der Waals surface area contributed by atoms with Crippen LogP contribution in [0.15, 0.2) is 30.3 Å². The van der Waals surface area contributed by atoms with E-state index in [1.165, 1.54) is 11.1 Å². The Labute approximate surface area is 121 Å². The van der Waals surface area contributed by atoms with Crippen LogP contribution < -0.4 is 10.5 Å². The van der Waals surface area contributed by atoms with E-state index in [2.05, 4.69) is 55.5 Å². The molecule has 0 heterocycles. The fourth-order valence-electron chi connectivity index (χ4n) is 1.79. The quantitative estimate of drug-likeness (QED) is 0.633. The number of benzene rings is 2. The standard InChI is InChI=1S/C15H16INO/c1-9-4-5-10(2)15(11(9)3)18-14-7-6-12(17)8-13(14)16/h4-8H,17H2,1-3H3. The highest BCUT2D eigenvalue weighted by Gasteiger charge is 2.09. The SMILES string of the molecule is Cc1ccc(C)c(Oc2ccc(N)cc2I)c1C. The molecule has 0 unspecified atom stereocenters. The number of halogens is 1. The lowest BCUT2D eigenvalue weighted by Crippen LogP contribution is -1.95. The van der Waals surface area contributed by atoms with Crippen LogP contribution >= 0.6 is 22.6 Å². The van der Waals surface area contributed by atoms with Crippen LogP contribution in [0.1, 0.15) is 16.7 Å². The Morgan fingerprint density at radius 3 is 2.33 bits per heavy atom. The van der Waals surface area contributed by atoms with Gasteiger partial charge in [-0.3, -0.25) is 0 Å². The second kappa shape index (κ2) is 5.18. The first-order chi connectivity index (χ1) is 8.49. The van der Waals surface area contributed by atoms with Crippen molar-refractivity contribution in [3.63, 3.8) is 0 Å². The fourth-order valence-corrected chi connectivity index (χ4v) is 2.44. The summed E-state index contributed by atoms with van der Waals surface area (Å²) < 4.78 is 7.06. The molecule has 0 aliphatic heterocycles. The van der Waals surface area contributed by atoms with E-state index in [-0.39, 0.29) is 0 Å². The molecule has 0 fully saturated rings. The topological polar surface area (TPSA) is 35.2 Å². The van der Waals surface area contributed by atoms with Gasteiger partial charge in [-0.15, -0.1) is 0 Å². The lowest BCUT2D eigenvalue weighted by molar-refractivity contribution is 0.471. The number of anilines is 1.